The summed E-state index contributed by atoms with van der Waals surface area (Å²) in [5.74, 6) is -1.00. The summed E-state index contributed by atoms with van der Waals surface area (Å²) in [6, 6.07) is 0.566. The molecule has 18 heavy (non-hydrogen) atoms. The van der Waals surface area contributed by atoms with Crippen molar-refractivity contribution in [2.75, 3.05) is 7.05 Å². The Hall–Kier alpha value is -2.05. The van der Waals surface area contributed by atoms with Gasteiger partial charge >= 0.3 is 12.0 Å². The molecule has 0 saturated carbocycles. The third-order valence-electron chi connectivity index (χ3n) is 2.80. The summed E-state index contributed by atoms with van der Waals surface area (Å²) in [5, 5.41) is 15.6. The molecule has 7 heteroatoms. The number of carboxylic acids is 1. The van der Waals surface area contributed by atoms with Crippen LogP contribution in [0, 0.1) is 0 Å². The van der Waals surface area contributed by atoms with Gasteiger partial charge in [-0.1, -0.05) is 6.92 Å². The first kappa shape index (κ1) is 14.0. The number of amides is 2. The molecule has 1 unspecified atom stereocenters. The monoisotopic (exact) mass is 254 g/mol. The lowest BCUT2D eigenvalue weighted by Crippen LogP contribution is -2.46. The van der Waals surface area contributed by atoms with E-state index in [0.29, 0.717) is 13.0 Å². The maximum atomic E-state index is 11.8. The van der Waals surface area contributed by atoms with Crippen molar-refractivity contribution in [3.63, 3.8) is 0 Å². The number of carbonyl (C=O) groups excluding carboxylic acids is 1. The smallest absolute Gasteiger partial charge is 0.326 e. The third-order valence-corrected chi connectivity index (χ3v) is 2.80. The summed E-state index contributed by atoms with van der Waals surface area (Å²) in [4.78, 5) is 23.9. The zero-order valence-electron chi connectivity index (χ0n) is 10.8. The van der Waals surface area contributed by atoms with Crippen LogP contribution in [0.4, 0.5) is 4.79 Å². The lowest BCUT2D eigenvalue weighted by Gasteiger charge is -2.23. The second kappa shape index (κ2) is 6.04. The van der Waals surface area contributed by atoms with Crippen LogP contribution in [0.2, 0.25) is 0 Å². The van der Waals surface area contributed by atoms with E-state index in [4.69, 9.17) is 5.11 Å². The molecule has 0 fully saturated rings. The minimum atomic E-state index is -1.00. The van der Waals surface area contributed by atoms with Crippen LogP contribution >= 0.6 is 0 Å². The minimum absolute atomic E-state index is 0.315. The minimum Gasteiger partial charge on any atom is -0.480 e. The summed E-state index contributed by atoms with van der Waals surface area (Å²) >= 11 is 0. The third kappa shape index (κ3) is 3.22. The van der Waals surface area contributed by atoms with Gasteiger partial charge in [-0.3, -0.25) is 4.68 Å². The van der Waals surface area contributed by atoms with Crippen molar-refractivity contribution in [2.45, 2.75) is 25.9 Å². The molecule has 1 aromatic rings. The van der Waals surface area contributed by atoms with Crippen LogP contribution in [0.1, 0.15) is 19.0 Å². The summed E-state index contributed by atoms with van der Waals surface area (Å²) in [6.45, 7) is 2.04. The van der Waals surface area contributed by atoms with Gasteiger partial charge in [0.05, 0.1) is 12.2 Å². The maximum absolute atomic E-state index is 11.8. The number of carboxylic acid groups (broad SMARTS) is 1. The standard InChI is InChI=1S/C11H18N4O3/c1-4-9(10(16)17)14(2)11(18)12-7-8-5-6-13-15(8)3/h5-6,9H,4,7H2,1-3H3,(H,12,18)(H,16,17). The number of nitrogens with zero attached hydrogens (tertiary/aromatic N) is 3. The van der Waals surface area contributed by atoms with Gasteiger partial charge in [-0.25, -0.2) is 9.59 Å². The molecule has 2 N–H and O–H groups in total. The summed E-state index contributed by atoms with van der Waals surface area (Å²) in [5.41, 5.74) is 0.847. The lowest BCUT2D eigenvalue weighted by atomic mass is 10.2. The van der Waals surface area contributed by atoms with Gasteiger partial charge in [0, 0.05) is 20.3 Å². The molecule has 7 nitrogen and oxygen atoms in total. The van der Waals surface area contributed by atoms with Crippen molar-refractivity contribution < 1.29 is 14.7 Å². The Labute approximate surface area is 105 Å². The van der Waals surface area contributed by atoms with Gasteiger partial charge in [0.2, 0.25) is 0 Å². The largest absolute Gasteiger partial charge is 0.480 e. The fourth-order valence-corrected chi connectivity index (χ4v) is 1.62. The van der Waals surface area contributed by atoms with Crippen molar-refractivity contribution in [1.82, 2.24) is 20.0 Å². The molecule has 1 aromatic heterocycles. The Morgan fingerprint density at radius 3 is 2.72 bits per heavy atom. The number of hydrogen-bond acceptors (Lipinski definition) is 3. The number of aryl methyl sites for hydroxylation is 1. The normalized spacial score (nSPS) is 11.9. The molecule has 100 valence electrons. The van der Waals surface area contributed by atoms with E-state index >= 15 is 0 Å². The molecule has 0 saturated heterocycles. The van der Waals surface area contributed by atoms with Gasteiger partial charge in [0.1, 0.15) is 6.04 Å². The van der Waals surface area contributed by atoms with E-state index in [1.54, 1.807) is 30.9 Å². The molecular weight excluding hydrogens is 236 g/mol. The molecule has 1 heterocycles. The van der Waals surface area contributed by atoms with Crippen LogP contribution in [-0.2, 0) is 18.4 Å². The molecule has 0 radical (unpaired) electrons. The number of nitrogens with one attached hydrogen (secondary N) is 1. The number of aliphatic carboxylic acids is 1. The maximum Gasteiger partial charge on any atom is 0.326 e. The summed E-state index contributed by atoms with van der Waals surface area (Å²) in [7, 11) is 3.25. The summed E-state index contributed by atoms with van der Waals surface area (Å²) < 4.78 is 1.65. The van der Waals surface area contributed by atoms with Gasteiger partial charge in [0.15, 0.2) is 0 Å². The predicted molar refractivity (Wildman–Crippen MR) is 64.9 cm³/mol. The highest BCUT2D eigenvalue weighted by Gasteiger charge is 2.24. The van der Waals surface area contributed by atoms with Gasteiger partial charge < -0.3 is 15.3 Å². The Morgan fingerprint density at radius 1 is 1.61 bits per heavy atom. The highest BCUT2D eigenvalue weighted by Crippen LogP contribution is 2.03. The number of rotatable bonds is 5. The van der Waals surface area contributed by atoms with Crippen molar-refractivity contribution in [3.05, 3.63) is 18.0 Å². The number of aromatic nitrogens is 2. The fraction of sp³-hybridized carbons (Fsp3) is 0.545. The van der Waals surface area contributed by atoms with Crippen molar-refractivity contribution >= 4 is 12.0 Å². The highest BCUT2D eigenvalue weighted by atomic mass is 16.4. The zero-order chi connectivity index (χ0) is 13.7. The molecule has 0 aliphatic carbocycles. The van der Waals surface area contributed by atoms with Gasteiger partial charge in [-0.05, 0) is 12.5 Å². The molecule has 1 rings (SSSR count). The van der Waals surface area contributed by atoms with E-state index in [0.717, 1.165) is 5.69 Å². The Morgan fingerprint density at radius 2 is 2.28 bits per heavy atom. The van der Waals surface area contributed by atoms with Crippen LogP contribution in [-0.4, -0.2) is 44.9 Å². The average Bonchev–Trinajstić information content (AvgIpc) is 2.72. The van der Waals surface area contributed by atoms with Crippen LogP contribution < -0.4 is 5.32 Å². The Bertz CT molecular complexity index is 430. The molecule has 0 aromatic carbocycles. The highest BCUT2D eigenvalue weighted by molar-refractivity contribution is 5.82. The molecule has 0 spiro atoms. The molecule has 0 aliphatic rings. The van der Waals surface area contributed by atoms with Crippen molar-refractivity contribution in [3.8, 4) is 0 Å². The van der Waals surface area contributed by atoms with Crippen LogP contribution in [0.3, 0.4) is 0 Å². The number of likely N-dealkylation sites (N-methyl/N-ethyl adjacent to an activating group) is 1. The average molecular weight is 254 g/mol. The van der Waals surface area contributed by atoms with E-state index in [1.165, 1.54) is 11.9 Å². The van der Waals surface area contributed by atoms with E-state index in [2.05, 4.69) is 10.4 Å². The van der Waals surface area contributed by atoms with E-state index < -0.39 is 18.0 Å². The molecule has 2 amide bonds. The fourth-order valence-electron chi connectivity index (χ4n) is 1.62. The second-order valence-electron chi connectivity index (χ2n) is 3.98. The number of carbonyl (C=O) groups is 2. The first-order chi connectivity index (χ1) is 8.47. The van der Waals surface area contributed by atoms with Crippen molar-refractivity contribution in [2.24, 2.45) is 7.05 Å². The quantitative estimate of drug-likeness (QED) is 0.797. The van der Waals surface area contributed by atoms with Crippen LogP contribution in [0.5, 0.6) is 0 Å². The predicted octanol–water partition coefficient (Wildman–Crippen LogP) is 0.425. The Balaban J connectivity index is 2.55. The first-order valence-electron chi connectivity index (χ1n) is 5.67. The SMILES string of the molecule is CCC(C(=O)O)N(C)C(=O)NCc1ccnn1C. The first-order valence-corrected chi connectivity index (χ1v) is 5.67. The Kier molecular flexibility index (Phi) is 4.70. The summed E-state index contributed by atoms with van der Waals surface area (Å²) in [6.07, 6.45) is 2.00. The van der Waals surface area contributed by atoms with Gasteiger partial charge in [-0.15, -0.1) is 0 Å². The lowest BCUT2D eigenvalue weighted by molar-refractivity contribution is -0.141. The number of urea groups is 1. The van der Waals surface area contributed by atoms with Crippen LogP contribution in [0.25, 0.3) is 0 Å². The molecule has 1 atom stereocenters. The van der Waals surface area contributed by atoms with Gasteiger partial charge in [0.25, 0.3) is 0 Å². The van der Waals surface area contributed by atoms with Gasteiger partial charge in [-0.2, -0.15) is 5.10 Å². The van der Waals surface area contributed by atoms with E-state index in [1.807, 2.05) is 0 Å². The molecular formula is C11H18N4O3. The van der Waals surface area contributed by atoms with Crippen molar-refractivity contribution in [1.29, 1.82) is 0 Å². The van der Waals surface area contributed by atoms with E-state index in [-0.39, 0.29) is 0 Å². The second-order valence-corrected chi connectivity index (χ2v) is 3.98. The van der Waals surface area contributed by atoms with Crippen LogP contribution in [0.15, 0.2) is 12.3 Å². The number of hydrogen-bond donors (Lipinski definition) is 2. The topological polar surface area (TPSA) is 87.5 Å². The van der Waals surface area contributed by atoms with E-state index in [9.17, 15) is 9.59 Å². The molecule has 0 aliphatic heterocycles. The zero-order valence-corrected chi connectivity index (χ0v) is 10.8. The molecule has 0 bridgehead atoms.